The number of nitrogens with one attached hydrogen (secondary N) is 1. The number of rotatable bonds is 2. The molecule has 2 heterocycles. The maximum Gasteiger partial charge on any atom is 0.251 e. The highest BCUT2D eigenvalue weighted by Crippen LogP contribution is 2.16. The van der Waals surface area contributed by atoms with E-state index in [2.05, 4.69) is 15.5 Å². The summed E-state index contributed by atoms with van der Waals surface area (Å²) in [6.45, 7) is 1.90. The Morgan fingerprint density at radius 3 is 3.00 bits per heavy atom. The van der Waals surface area contributed by atoms with Crippen molar-refractivity contribution in [2.24, 2.45) is 0 Å². The minimum Gasteiger partial charge on any atom is -0.472 e. The molecule has 0 spiro atoms. The molecule has 0 unspecified atom stereocenters. The maximum atomic E-state index is 8.84. The van der Waals surface area contributed by atoms with E-state index >= 15 is 0 Å². The molecule has 0 saturated carbocycles. The van der Waals surface area contributed by atoms with Crippen LogP contribution in [0.2, 0.25) is 0 Å². The van der Waals surface area contributed by atoms with Gasteiger partial charge in [0, 0.05) is 0 Å². The Hall–Kier alpha value is -1.67. The monoisotopic (exact) mass is 204 g/mol. The average Bonchev–Trinajstić information content (AvgIpc) is 2.31. The molecular weight excluding hydrogens is 192 g/mol. The van der Waals surface area contributed by atoms with Crippen LogP contribution >= 0.6 is 0 Å². The first-order chi connectivity index (χ1) is 7.40. The van der Waals surface area contributed by atoms with Gasteiger partial charge in [-0.05, 0) is 32.0 Å². The number of nitriles is 1. The molecule has 1 aromatic heterocycles. The zero-order valence-electron chi connectivity index (χ0n) is 8.31. The fourth-order valence-electron chi connectivity index (χ4n) is 1.56. The van der Waals surface area contributed by atoms with E-state index in [0.717, 1.165) is 25.9 Å². The van der Waals surface area contributed by atoms with E-state index in [9.17, 15) is 0 Å². The number of hydrogen-bond donors (Lipinski definition) is 1. The maximum absolute atomic E-state index is 8.84. The Kier molecular flexibility index (Phi) is 3.10. The lowest BCUT2D eigenvalue weighted by Gasteiger charge is -2.23. The molecular formula is C10H12N4O. The molecule has 1 aliphatic heterocycles. The van der Waals surface area contributed by atoms with Crippen LogP contribution in [0.4, 0.5) is 0 Å². The minimum absolute atomic E-state index is 0.148. The predicted octanol–water partition coefficient (Wildman–Crippen LogP) is 0.479. The summed E-state index contributed by atoms with van der Waals surface area (Å²) in [7, 11) is 0. The summed E-state index contributed by atoms with van der Waals surface area (Å²) in [4.78, 5) is 0. The van der Waals surface area contributed by atoms with Crippen molar-refractivity contribution in [2.45, 2.75) is 18.9 Å². The topological polar surface area (TPSA) is 70.8 Å². The van der Waals surface area contributed by atoms with Gasteiger partial charge in [0.2, 0.25) is 0 Å². The molecule has 5 nitrogen and oxygen atoms in total. The van der Waals surface area contributed by atoms with Crippen molar-refractivity contribution in [3.8, 4) is 11.9 Å². The first-order valence-corrected chi connectivity index (χ1v) is 4.99. The summed E-state index contributed by atoms with van der Waals surface area (Å²) in [6, 6.07) is 3.66. The SMILES string of the molecule is N#Cc1ccnnc1OC1CCNCC1. The Bertz CT molecular complexity index is 368. The summed E-state index contributed by atoms with van der Waals surface area (Å²) in [5, 5.41) is 19.6. The van der Waals surface area contributed by atoms with E-state index in [1.165, 1.54) is 6.20 Å². The molecule has 1 saturated heterocycles. The van der Waals surface area contributed by atoms with Gasteiger partial charge in [-0.15, -0.1) is 5.10 Å². The van der Waals surface area contributed by atoms with Crippen LogP contribution in [-0.2, 0) is 0 Å². The Labute approximate surface area is 88.1 Å². The zero-order chi connectivity index (χ0) is 10.5. The van der Waals surface area contributed by atoms with Gasteiger partial charge in [0.25, 0.3) is 5.88 Å². The lowest BCUT2D eigenvalue weighted by Crippen LogP contribution is -2.34. The molecule has 15 heavy (non-hydrogen) atoms. The first-order valence-electron chi connectivity index (χ1n) is 4.99. The molecule has 0 aromatic carbocycles. The third-order valence-electron chi connectivity index (χ3n) is 2.37. The lowest BCUT2D eigenvalue weighted by atomic mass is 10.1. The summed E-state index contributed by atoms with van der Waals surface area (Å²) in [5.41, 5.74) is 0.448. The highest BCUT2D eigenvalue weighted by molar-refractivity contribution is 5.35. The summed E-state index contributed by atoms with van der Waals surface area (Å²) in [6.07, 6.45) is 3.53. The molecule has 0 bridgehead atoms. The van der Waals surface area contributed by atoms with Crippen LogP contribution in [0.15, 0.2) is 12.3 Å². The quantitative estimate of drug-likeness (QED) is 0.758. The van der Waals surface area contributed by atoms with E-state index in [0.29, 0.717) is 11.4 Å². The van der Waals surface area contributed by atoms with Crippen molar-refractivity contribution in [2.75, 3.05) is 13.1 Å². The highest BCUT2D eigenvalue weighted by atomic mass is 16.5. The third-order valence-corrected chi connectivity index (χ3v) is 2.37. The van der Waals surface area contributed by atoms with E-state index in [-0.39, 0.29) is 6.10 Å². The van der Waals surface area contributed by atoms with E-state index in [1.54, 1.807) is 6.07 Å². The number of nitrogens with zero attached hydrogens (tertiary/aromatic N) is 3. The van der Waals surface area contributed by atoms with E-state index in [4.69, 9.17) is 10.00 Å². The van der Waals surface area contributed by atoms with Crippen LogP contribution in [-0.4, -0.2) is 29.4 Å². The van der Waals surface area contributed by atoms with E-state index < -0.39 is 0 Å². The molecule has 1 fully saturated rings. The van der Waals surface area contributed by atoms with Crippen LogP contribution in [0.3, 0.4) is 0 Å². The predicted molar refractivity (Wildman–Crippen MR) is 53.3 cm³/mol. The van der Waals surface area contributed by atoms with Crippen LogP contribution < -0.4 is 10.1 Å². The summed E-state index contributed by atoms with van der Waals surface area (Å²) in [5.74, 6) is 0.354. The third kappa shape index (κ3) is 2.42. The smallest absolute Gasteiger partial charge is 0.251 e. The number of piperidine rings is 1. The van der Waals surface area contributed by atoms with Crippen molar-refractivity contribution in [1.29, 1.82) is 5.26 Å². The Morgan fingerprint density at radius 1 is 1.47 bits per heavy atom. The van der Waals surface area contributed by atoms with Gasteiger partial charge in [0.05, 0.1) is 6.20 Å². The molecule has 0 atom stereocenters. The molecule has 0 radical (unpaired) electrons. The molecule has 1 aromatic rings. The zero-order valence-corrected chi connectivity index (χ0v) is 8.31. The molecule has 1 aliphatic rings. The molecule has 5 heteroatoms. The van der Waals surface area contributed by atoms with Gasteiger partial charge in [-0.2, -0.15) is 10.4 Å². The van der Waals surface area contributed by atoms with Gasteiger partial charge in [-0.1, -0.05) is 0 Å². The van der Waals surface area contributed by atoms with Crippen LogP contribution in [0.1, 0.15) is 18.4 Å². The van der Waals surface area contributed by atoms with Gasteiger partial charge in [0.15, 0.2) is 0 Å². The Balaban J connectivity index is 2.06. The van der Waals surface area contributed by atoms with Gasteiger partial charge in [-0.3, -0.25) is 0 Å². The molecule has 78 valence electrons. The van der Waals surface area contributed by atoms with Crippen molar-refractivity contribution < 1.29 is 4.74 Å². The summed E-state index contributed by atoms with van der Waals surface area (Å²) < 4.78 is 5.64. The Morgan fingerprint density at radius 2 is 2.27 bits per heavy atom. The van der Waals surface area contributed by atoms with Crippen molar-refractivity contribution in [1.82, 2.24) is 15.5 Å². The highest BCUT2D eigenvalue weighted by Gasteiger charge is 2.16. The minimum atomic E-state index is 0.148. The fraction of sp³-hybridized carbons (Fsp3) is 0.500. The summed E-state index contributed by atoms with van der Waals surface area (Å²) >= 11 is 0. The average molecular weight is 204 g/mol. The molecule has 1 N–H and O–H groups in total. The number of aromatic nitrogens is 2. The normalized spacial score (nSPS) is 17.0. The van der Waals surface area contributed by atoms with Gasteiger partial charge >= 0.3 is 0 Å². The van der Waals surface area contributed by atoms with Crippen LogP contribution in [0.25, 0.3) is 0 Å². The largest absolute Gasteiger partial charge is 0.472 e. The second-order valence-electron chi connectivity index (χ2n) is 3.43. The first kappa shape index (κ1) is 9.87. The van der Waals surface area contributed by atoms with Crippen molar-refractivity contribution in [3.05, 3.63) is 17.8 Å². The standard InChI is InChI=1S/C10H12N4O/c11-7-8-1-6-13-14-10(8)15-9-2-4-12-5-3-9/h1,6,9,12H,2-5H2. The fourth-order valence-corrected chi connectivity index (χ4v) is 1.56. The van der Waals surface area contributed by atoms with Crippen molar-refractivity contribution >= 4 is 0 Å². The number of ether oxygens (including phenoxy) is 1. The van der Waals surface area contributed by atoms with Gasteiger partial charge in [-0.25, -0.2) is 0 Å². The van der Waals surface area contributed by atoms with Crippen molar-refractivity contribution in [3.63, 3.8) is 0 Å². The number of hydrogen-bond acceptors (Lipinski definition) is 5. The second-order valence-corrected chi connectivity index (χ2v) is 3.43. The molecule has 0 aliphatic carbocycles. The van der Waals surface area contributed by atoms with Crippen LogP contribution in [0.5, 0.6) is 5.88 Å². The second kappa shape index (κ2) is 4.71. The molecule has 2 rings (SSSR count). The lowest BCUT2D eigenvalue weighted by molar-refractivity contribution is 0.154. The van der Waals surface area contributed by atoms with E-state index in [1.807, 2.05) is 6.07 Å². The van der Waals surface area contributed by atoms with Gasteiger partial charge < -0.3 is 10.1 Å². The van der Waals surface area contributed by atoms with Gasteiger partial charge in [0.1, 0.15) is 17.7 Å². The van der Waals surface area contributed by atoms with Crippen LogP contribution in [0, 0.1) is 11.3 Å². The molecule has 0 amide bonds.